The molecule has 8 heteroatoms. The van der Waals surface area contributed by atoms with Gasteiger partial charge in [-0.1, -0.05) is 12.1 Å². The molecule has 2 rings (SSSR count). The van der Waals surface area contributed by atoms with Crippen LogP contribution in [-0.4, -0.2) is 28.8 Å². The minimum absolute atomic E-state index is 0.0487. The predicted molar refractivity (Wildman–Crippen MR) is 82.4 cm³/mol. The number of non-ortho nitro benzene ring substituents is 1. The zero-order valence-electron chi connectivity index (χ0n) is 11.9. The van der Waals surface area contributed by atoms with Crippen LogP contribution in [0.4, 0.5) is 5.69 Å². The van der Waals surface area contributed by atoms with Crippen LogP contribution in [0.15, 0.2) is 53.6 Å². The zero-order chi connectivity index (χ0) is 16.7. The molecule has 0 spiro atoms. The first-order chi connectivity index (χ1) is 11.1. The standard InChI is InChI=1S/C15H13N3O5/c19-14-4-2-1-3-11(14)9-16-17-15(20)10-23-13-7-5-12(6-8-13)18(21)22/h1-9,19H,10H2,(H,17,20). The van der Waals surface area contributed by atoms with Crippen LogP contribution in [0, 0.1) is 10.1 Å². The average molecular weight is 315 g/mol. The normalized spacial score (nSPS) is 10.4. The lowest BCUT2D eigenvalue weighted by Gasteiger charge is -2.04. The Morgan fingerprint density at radius 3 is 2.61 bits per heavy atom. The molecule has 0 aliphatic heterocycles. The fourth-order valence-electron chi connectivity index (χ4n) is 1.62. The summed E-state index contributed by atoms with van der Waals surface area (Å²) in [5, 5.41) is 23.7. The second kappa shape index (κ2) is 7.55. The topological polar surface area (TPSA) is 114 Å². The van der Waals surface area contributed by atoms with E-state index in [0.29, 0.717) is 11.3 Å². The monoisotopic (exact) mass is 315 g/mol. The molecule has 23 heavy (non-hydrogen) atoms. The van der Waals surface area contributed by atoms with Crippen molar-refractivity contribution in [3.05, 3.63) is 64.2 Å². The van der Waals surface area contributed by atoms with Gasteiger partial charge in [-0.3, -0.25) is 14.9 Å². The van der Waals surface area contributed by atoms with E-state index in [0.717, 1.165) is 0 Å². The number of hydrazone groups is 1. The Bertz CT molecular complexity index is 728. The van der Waals surface area contributed by atoms with Gasteiger partial charge in [0.1, 0.15) is 11.5 Å². The Morgan fingerprint density at radius 1 is 1.26 bits per heavy atom. The highest BCUT2D eigenvalue weighted by Crippen LogP contribution is 2.17. The molecular formula is C15H13N3O5. The molecule has 0 aliphatic rings. The van der Waals surface area contributed by atoms with Crippen molar-refractivity contribution in [1.82, 2.24) is 5.43 Å². The van der Waals surface area contributed by atoms with E-state index in [1.165, 1.54) is 36.5 Å². The number of nitro benzene ring substituents is 1. The highest BCUT2D eigenvalue weighted by atomic mass is 16.6. The lowest BCUT2D eigenvalue weighted by atomic mass is 10.2. The van der Waals surface area contributed by atoms with Crippen LogP contribution in [0.5, 0.6) is 11.5 Å². The van der Waals surface area contributed by atoms with E-state index in [1.54, 1.807) is 18.2 Å². The van der Waals surface area contributed by atoms with Gasteiger partial charge in [-0.05, 0) is 24.3 Å². The van der Waals surface area contributed by atoms with Crippen molar-refractivity contribution in [2.45, 2.75) is 0 Å². The van der Waals surface area contributed by atoms with Crippen LogP contribution in [-0.2, 0) is 4.79 Å². The zero-order valence-corrected chi connectivity index (χ0v) is 11.9. The lowest BCUT2D eigenvalue weighted by Crippen LogP contribution is -2.24. The molecule has 0 atom stereocenters. The minimum atomic E-state index is -0.524. The number of para-hydroxylation sites is 1. The molecular weight excluding hydrogens is 302 g/mol. The summed E-state index contributed by atoms with van der Waals surface area (Å²) in [5.74, 6) is -0.127. The third-order valence-corrected chi connectivity index (χ3v) is 2.75. The van der Waals surface area contributed by atoms with E-state index in [4.69, 9.17) is 4.74 Å². The molecule has 0 heterocycles. The van der Waals surface area contributed by atoms with Gasteiger partial charge in [0.15, 0.2) is 6.61 Å². The molecule has 118 valence electrons. The van der Waals surface area contributed by atoms with Crippen LogP contribution in [0.3, 0.4) is 0 Å². The number of nitrogens with zero attached hydrogens (tertiary/aromatic N) is 2. The molecule has 2 aromatic rings. The summed E-state index contributed by atoms with van der Waals surface area (Å²) in [6, 6.07) is 11.9. The summed E-state index contributed by atoms with van der Waals surface area (Å²) in [4.78, 5) is 21.5. The molecule has 2 N–H and O–H groups in total. The number of carbonyl (C=O) groups excluding carboxylic acids is 1. The highest BCUT2D eigenvalue weighted by Gasteiger charge is 2.06. The van der Waals surface area contributed by atoms with Gasteiger partial charge in [-0.25, -0.2) is 5.43 Å². The number of hydrogen-bond donors (Lipinski definition) is 2. The summed E-state index contributed by atoms with van der Waals surface area (Å²) in [5.41, 5.74) is 2.65. The van der Waals surface area contributed by atoms with E-state index in [9.17, 15) is 20.0 Å². The Kier molecular flexibility index (Phi) is 5.24. The van der Waals surface area contributed by atoms with Gasteiger partial charge in [-0.2, -0.15) is 5.10 Å². The molecule has 0 saturated carbocycles. The third kappa shape index (κ3) is 4.81. The summed E-state index contributed by atoms with van der Waals surface area (Å²) >= 11 is 0. The highest BCUT2D eigenvalue weighted by molar-refractivity contribution is 5.85. The number of carbonyl (C=O) groups is 1. The first-order valence-electron chi connectivity index (χ1n) is 6.53. The van der Waals surface area contributed by atoms with Gasteiger partial charge in [-0.15, -0.1) is 0 Å². The Labute approximate surface area is 131 Å². The number of rotatable bonds is 6. The summed E-state index contributed by atoms with van der Waals surface area (Å²) < 4.78 is 5.17. The number of amides is 1. The molecule has 0 unspecified atom stereocenters. The first-order valence-corrected chi connectivity index (χ1v) is 6.53. The van der Waals surface area contributed by atoms with E-state index in [2.05, 4.69) is 10.5 Å². The van der Waals surface area contributed by atoms with Gasteiger partial charge >= 0.3 is 0 Å². The fourth-order valence-corrected chi connectivity index (χ4v) is 1.62. The second-order valence-electron chi connectivity index (χ2n) is 4.39. The van der Waals surface area contributed by atoms with Crippen molar-refractivity contribution >= 4 is 17.8 Å². The largest absolute Gasteiger partial charge is 0.507 e. The van der Waals surface area contributed by atoms with Gasteiger partial charge in [0.25, 0.3) is 11.6 Å². The smallest absolute Gasteiger partial charge is 0.277 e. The summed E-state index contributed by atoms with van der Waals surface area (Å²) in [6.45, 7) is -0.296. The number of ether oxygens (including phenoxy) is 1. The average Bonchev–Trinajstić information content (AvgIpc) is 2.55. The molecule has 0 aromatic heterocycles. The molecule has 1 amide bonds. The number of phenols is 1. The number of nitro groups is 1. The van der Waals surface area contributed by atoms with Crippen molar-refractivity contribution in [1.29, 1.82) is 0 Å². The van der Waals surface area contributed by atoms with Crippen LogP contribution in [0.1, 0.15) is 5.56 Å². The SMILES string of the molecule is O=C(COc1ccc([N+](=O)[O-])cc1)NN=Cc1ccccc1O. The maximum absolute atomic E-state index is 11.5. The van der Waals surface area contributed by atoms with Crippen LogP contribution in [0.25, 0.3) is 0 Å². The number of hydrogen-bond acceptors (Lipinski definition) is 6. The van der Waals surface area contributed by atoms with Crippen LogP contribution >= 0.6 is 0 Å². The Balaban J connectivity index is 1.81. The molecule has 8 nitrogen and oxygen atoms in total. The molecule has 0 radical (unpaired) electrons. The molecule has 0 bridgehead atoms. The number of phenolic OH excluding ortho intramolecular Hbond substituents is 1. The third-order valence-electron chi connectivity index (χ3n) is 2.75. The van der Waals surface area contributed by atoms with Crippen LogP contribution in [0.2, 0.25) is 0 Å². The minimum Gasteiger partial charge on any atom is -0.507 e. The van der Waals surface area contributed by atoms with E-state index in [1.807, 2.05) is 0 Å². The summed E-state index contributed by atoms with van der Waals surface area (Å²) in [6.07, 6.45) is 1.30. The Morgan fingerprint density at radius 2 is 1.96 bits per heavy atom. The van der Waals surface area contributed by atoms with E-state index < -0.39 is 10.8 Å². The second-order valence-corrected chi connectivity index (χ2v) is 4.39. The van der Waals surface area contributed by atoms with Gasteiger partial charge in [0, 0.05) is 17.7 Å². The summed E-state index contributed by atoms with van der Waals surface area (Å²) in [7, 11) is 0. The van der Waals surface area contributed by atoms with Gasteiger partial charge in [0.2, 0.25) is 0 Å². The maximum Gasteiger partial charge on any atom is 0.277 e. The van der Waals surface area contributed by atoms with Crippen molar-refractivity contribution in [2.75, 3.05) is 6.61 Å². The van der Waals surface area contributed by atoms with Crippen molar-refractivity contribution in [2.24, 2.45) is 5.10 Å². The lowest BCUT2D eigenvalue weighted by molar-refractivity contribution is -0.384. The van der Waals surface area contributed by atoms with Crippen molar-refractivity contribution in [3.8, 4) is 11.5 Å². The van der Waals surface area contributed by atoms with Crippen molar-refractivity contribution in [3.63, 3.8) is 0 Å². The van der Waals surface area contributed by atoms with E-state index in [-0.39, 0.29) is 18.0 Å². The van der Waals surface area contributed by atoms with E-state index >= 15 is 0 Å². The van der Waals surface area contributed by atoms with Crippen LogP contribution < -0.4 is 10.2 Å². The number of aromatic hydroxyl groups is 1. The fraction of sp³-hybridized carbons (Fsp3) is 0.0667. The Hall–Kier alpha value is -3.42. The maximum atomic E-state index is 11.5. The predicted octanol–water partition coefficient (Wildman–Crippen LogP) is 1.83. The number of benzene rings is 2. The molecule has 2 aromatic carbocycles. The molecule has 0 fully saturated rings. The quantitative estimate of drug-likeness (QED) is 0.479. The molecule has 0 saturated heterocycles. The number of nitrogens with one attached hydrogen (secondary N) is 1. The van der Waals surface area contributed by atoms with Crippen molar-refractivity contribution < 1.29 is 19.6 Å². The molecule has 0 aliphatic carbocycles. The van der Waals surface area contributed by atoms with Gasteiger partial charge < -0.3 is 9.84 Å². The van der Waals surface area contributed by atoms with Gasteiger partial charge in [0.05, 0.1) is 11.1 Å². The first kappa shape index (κ1) is 16.0.